The van der Waals surface area contributed by atoms with E-state index < -0.39 is 5.54 Å². The monoisotopic (exact) mass is 1620 g/mol. The Kier molecular flexibility index (Phi) is 29.4. The number of nitrogens with one attached hydrogen (secondary N) is 3. The lowest BCUT2D eigenvalue weighted by atomic mass is 9.84. The average molecular weight is 1630 g/mol. The summed E-state index contributed by atoms with van der Waals surface area (Å²) in [7, 11) is 6.19. The molecule has 0 radical (unpaired) electrons. The van der Waals surface area contributed by atoms with Gasteiger partial charge in [-0.3, -0.25) is 28.8 Å². The molecule has 6 aliphatic heterocycles. The maximum Gasteiger partial charge on any atom is 0.254 e. The number of amides is 6. The first-order valence-corrected chi connectivity index (χ1v) is 40.1. The van der Waals surface area contributed by atoms with Gasteiger partial charge in [-0.15, -0.1) is 0 Å². The number of hydrogen-bond donors (Lipinski definition) is 4. The van der Waals surface area contributed by atoms with E-state index in [1.165, 1.54) is 0 Å². The number of carbonyl (C=O) groups is 6. The van der Waals surface area contributed by atoms with E-state index in [2.05, 4.69) is 70.0 Å². The van der Waals surface area contributed by atoms with E-state index in [0.29, 0.717) is 126 Å². The van der Waals surface area contributed by atoms with Gasteiger partial charge in [-0.2, -0.15) is 0 Å². The lowest BCUT2D eigenvalue weighted by molar-refractivity contribution is -0.121. The van der Waals surface area contributed by atoms with Crippen molar-refractivity contribution in [2.24, 2.45) is 5.73 Å². The van der Waals surface area contributed by atoms with Gasteiger partial charge in [0.25, 0.3) is 17.7 Å². The molecule has 110 heavy (non-hydrogen) atoms. The minimum Gasteiger partial charge on any atom is -0.377 e. The maximum atomic E-state index is 13.6. The Labute approximate surface area is 673 Å². The van der Waals surface area contributed by atoms with Crippen LogP contribution in [0.1, 0.15) is 154 Å². The minimum atomic E-state index is -1.04. The van der Waals surface area contributed by atoms with Crippen molar-refractivity contribution < 1.29 is 57.2 Å². The Morgan fingerprint density at radius 2 is 0.664 bits per heavy atom. The molecule has 3 atom stereocenters. The first-order chi connectivity index (χ1) is 53.0. The molecule has 0 aromatic heterocycles. The predicted octanol–water partition coefficient (Wildman–Crippen LogP) is 11.1. The summed E-state index contributed by atoms with van der Waals surface area (Å²) in [5.41, 5.74) is 20.5. The average Bonchev–Trinajstić information content (AvgIpc) is 1.38. The van der Waals surface area contributed by atoms with Crippen LogP contribution in [-0.4, -0.2) is 230 Å². The second-order valence-electron chi connectivity index (χ2n) is 29.6. The van der Waals surface area contributed by atoms with E-state index in [-0.39, 0.29) is 151 Å². The zero-order valence-electron chi connectivity index (χ0n) is 62.7. The molecule has 3 unspecified atom stereocenters. The third-order valence-electron chi connectivity index (χ3n) is 21.6. The van der Waals surface area contributed by atoms with E-state index in [0.717, 1.165) is 106 Å². The second-order valence-corrected chi connectivity index (χ2v) is 32.2. The number of carbonyl (C=O) groups excluding carboxylic acids is 6. The van der Waals surface area contributed by atoms with Crippen molar-refractivity contribution in [1.82, 2.24) is 45.3 Å². The van der Waals surface area contributed by atoms with Crippen LogP contribution in [0.5, 0.6) is 0 Å². The van der Waals surface area contributed by atoms with Crippen LogP contribution in [0, 0.1) is 0 Å². The molecule has 0 spiro atoms. The molecule has 0 saturated carbocycles. The van der Waals surface area contributed by atoms with Gasteiger partial charge in [0.2, 0.25) is 17.7 Å². The molecule has 6 amide bonds. The first-order valence-electron chi connectivity index (χ1n) is 37.9. The summed E-state index contributed by atoms with van der Waals surface area (Å²) < 4.78 is 34.8. The van der Waals surface area contributed by atoms with Gasteiger partial charge < -0.3 is 79.5 Å². The third-order valence-corrected chi connectivity index (χ3v) is 23.3. The van der Waals surface area contributed by atoms with Gasteiger partial charge in [-0.25, -0.2) is 0 Å². The van der Waals surface area contributed by atoms with Gasteiger partial charge in [-0.05, 0) is 162 Å². The highest BCUT2D eigenvalue weighted by Crippen LogP contribution is 2.44. The summed E-state index contributed by atoms with van der Waals surface area (Å²) in [6.07, 6.45) is 0.796. The number of nitrogens with zero attached hydrogens (tertiary/aromatic N) is 6. The highest BCUT2D eigenvalue weighted by Gasteiger charge is 2.37. The molecule has 0 fully saturated rings. The summed E-state index contributed by atoms with van der Waals surface area (Å²) in [6, 6.07) is 29.7. The summed E-state index contributed by atoms with van der Waals surface area (Å²) in [5, 5.41) is 12.4. The van der Waals surface area contributed by atoms with E-state index in [4.69, 9.17) is 104 Å². The topological polar surface area (TPSA) is 239 Å². The second kappa shape index (κ2) is 39.0. The van der Waals surface area contributed by atoms with Gasteiger partial charge in [-0.1, -0.05) is 106 Å². The van der Waals surface area contributed by atoms with Crippen LogP contribution in [0.4, 0.5) is 0 Å². The van der Waals surface area contributed by atoms with Crippen molar-refractivity contribution in [3.8, 4) is 0 Å². The molecule has 0 bridgehead atoms. The van der Waals surface area contributed by atoms with Gasteiger partial charge in [0.15, 0.2) is 0 Å². The number of nitrogens with two attached hydrogens (primary N) is 1. The third kappa shape index (κ3) is 21.5. The number of rotatable bonds is 39. The van der Waals surface area contributed by atoms with E-state index in [1.54, 1.807) is 32.9 Å². The molecule has 0 aliphatic carbocycles. The van der Waals surface area contributed by atoms with Crippen LogP contribution < -0.4 is 21.7 Å². The van der Waals surface area contributed by atoms with Crippen molar-refractivity contribution in [3.05, 3.63) is 205 Å². The Bertz CT molecular complexity index is 3900. The molecule has 12 rings (SSSR count). The van der Waals surface area contributed by atoms with Crippen LogP contribution in [-0.2, 0) is 82.1 Å². The van der Waals surface area contributed by atoms with Crippen molar-refractivity contribution in [1.29, 1.82) is 0 Å². The van der Waals surface area contributed by atoms with Crippen molar-refractivity contribution in [3.63, 3.8) is 0 Å². The zero-order valence-corrected chi connectivity index (χ0v) is 67.2. The zero-order chi connectivity index (χ0) is 77.6. The fourth-order valence-corrected chi connectivity index (χ4v) is 17.4. The molecular formula is C82H98Cl6N10O12. The summed E-state index contributed by atoms with van der Waals surface area (Å²) in [4.78, 5) is 92.6. The molecular weight excluding hydrogens is 1530 g/mol. The number of benzene rings is 6. The molecule has 590 valence electrons. The molecule has 28 heteroatoms. The van der Waals surface area contributed by atoms with Crippen LogP contribution in [0.2, 0.25) is 30.1 Å². The smallest absolute Gasteiger partial charge is 0.254 e. The quantitative estimate of drug-likeness (QED) is 0.0262. The fraction of sp³-hybridized carbons (Fsp3) is 0.488. The molecule has 5 N–H and O–H groups in total. The van der Waals surface area contributed by atoms with Crippen molar-refractivity contribution >= 4 is 105 Å². The van der Waals surface area contributed by atoms with E-state index >= 15 is 0 Å². The molecule has 0 saturated heterocycles. The number of ether oxygens (including phenoxy) is 6. The van der Waals surface area contributed by atoms with E-state index in [9.17, 15) is 28.8 Å². The minimum absolute atomic E-state index is 0.0209. The van der Waals surface area contributed by atoms with Gasteiger partial charge in [0, 0.05) is 188 Å². The lowest BCUT2D eigenvalue weighted by Crippen LogP contribution is -2.44. The Morgan fingerprint density at radius 3 is 0.945 bits per heavy atom. The predicted molar refractivity (Wildman–Crippen MR) is 426 cm³/mol. The molecule has 6 aliphatic rings. The largest absolute Gasteiger partial charge is 0.377 e. The highest BCUT2D eigenvalue weighted by atomic mass is 35.5. The summed E-state index contributed by atoms with van der Waals surface area (Å²) in [5.74, 6) is -0.796. The molecule has 22 nitrogen and oxygen atoms in total. The SMILES string of the molecule is CN1Cc2c(Cl)cc(Cl)cc2C(c2ccc3c(c2)C(=O)N(CCOCCOCCNC(=O)CCC(N)(CCC(=O)NCCOCCOCCN2Cc4ccc(C5CN(C)Cc6c(Cl)cc(Cl)cc65)cc4C2=O)CCC(=O)NCCOCCOCCN2Cc4ccc(C5CN(C)Cc6c(Cl)cc(Cl)cc65)cc4C2=O)C3)C1. The number of likely N-dealkylation sites (N-methyl/N-ethyl adjacent to an activating group) is 3. The van der Waals surface area contributed by atoms with Crippen LogP contribution in [0.3, 0.4) is 0 Å². The first kappa shape index (κ1) is 82.9. The molecule has 6 aromatic rings. The van der Waals surface area contributed by atoms with Crippen molar-refractivity contribution in [2.45, 2.75) is 101 Å². The van der Waals surface area contributed by atoms with Crippen molar-refractivity contribution in [2.75, 3.05) is 159 Å². The number of hydrogen-bond acceptors (Lipinski definition) is 16. The highest BCUT2D eigenvalue weighted by molar-refractivity contribution is 6.36. The van der Waals surface area contributed by atoms with E-state index in [1.807, 2.05) is 54.6 Å². The Balaban J connectivity index is 0.528. The molecule has 6 aromatic carbocycles. The molecule has 6 heterocycles. The van der Waals surface area contributed by atoms with Crippen LogP contribution in [0.15, 0.2) is 91.0 Å². The summed E-state index contributed by atoms with van der Waals surface area (Å²) in [6.45, 7) is 11.4. The lowest BCUT2D eigenvalue weighted by Gasteiger charge is -2.33. The summed E-state index contributed by atoms with van der Waals surface area (Å²) >= 11 is 39.2. The Hall–Kier alpha value is -6.52. The van der Waals surface area contributed by atoms with Gasteiger partial charge in [0.1, 0.15) is 0 Å². The normalized spacial score (nSPS) is 18.1. The van der Waals surface area contributed by atoms with Gasteiger partial charge >= 0.3 is 0 Å². The maximum absolute atomic E-state index is 13.6. The number of fused-ring (bicyclic) bond motifs is 6. The Morgan fingerprint density at radius 1 is 0.391 bits per heavy atom. The van der Waals surface area contributed by atoms with Crippen LogP contribution >= 0.6 is 69.6 Å². The fourth-order valence-electron chi connectivity index (χ4n) is 15.7. The van der Waals surface area contributed by atoms with Gasteiger partial charge in [0.05, 0.1) is 79.3 Å². The van der Waals surface area contributed by atoms with Crippen LogP contribution in [0.25, 0.3) is 0 Å². The standard InChI is InChI=1S/C82H98Cl6N10O12/c1-93-46-67(64-37-58(83)40-73(86)70(64)49-93)52-4-7-55-43-96(79(102)61(55)34-52)19-25-108-31-28-105-22-16-90-76(99)10-13-82(89,14-11-77(100)91-17-23-106-29-32-109-26-20-97-44-56-8-5-53(35-62(56)80(97)103)68-47-94(2)50-71-65(68)38-59(84)41-74(71)87)15-12-78(101)92-18-24-107-30-33-110-27-21-98-45-57-9-6-54(36-63(57)81(98)104)69-48-95(3)51-72-66(69)39-60(85)42-75(72)88/h4-9,34-42,67-69H,10-33,43-51,89H2,1-3H3,(H,90,99)(H,91,100)(H,92,101). The number of halogens is 6.